The Labute approximate surface area is 108 Å². The van der Waals surface area contributed by atoms with E-state index in [4.69, 9.17) is 9.84 Å². The van der Waals surface area contributed by atoms with Crippen molar-refractivity contribution < 1.29 is 14.6 Å². The first-order valence-corrected chi connectivity index (χ1v) is 6.40. The topological polar surface area (TPSA) is 71.5 Å². The first kappa shape index (κ1) is 12.8. The molecule has 1 aromatic carbocycles. The van der Waals surface area contributed by atoms with Crippen LogP contribution in [-0.4, -0.2) is 36.3 Å². The van der Waals surface area contributed by atoms with Crippen LogP contribution in [0, 0.1) is 0 Å². The number of carbonyl (C=O) groups excluding carboxylic acids is 1. The van der Waals surface area contributed by atoms with Crippen LogP contribution in [0.15, 0.2) is 18.2 Å². The molecule has 1 aromatic heterocycles. The minimum absolute atomic E-state index is 0.0668. The molecule has 6 heteroatoms. The zero-order valence-corrected chi connectivity index (χ0v) is 10.8. The maximum atomic E-state index is 11.8. The fraction of sp³-hybridized carbons (Fsp3) is 0.333. The maximum Gasteiger partial charge on any atom is 0.280 e. The summed E-state index contributed by atoms with van der Waals surface area (Å²) in [6, 6.07) is 5.53. The van der Waals surface area contributed by atoms with E-state index in [1.165, 1.54) is 11.3 Å². The zero-order chi connectivity index (χ0) is 13.0. The number of amides is 1. The van der Waals surface area contributed by atoms with Gasteiger partial charge in [-0.15, -0.1) is 11.3 Å². The molecule has 96 valence electrons. The van der Waals surface area contributed by atoms with Crippen LogP contribution in [0.3, 0.4) is 0 Å². The van der Waals surface area contributed by atoms with Gasteiger partial charge in [-0.2, -0.15) is 0 Å². The van der Waals surface area contributed by atoms with E-state index >= 15 is 0 Å². The van der Waals surface area contributed by atoms with Crippen LogP contribution in [0.25, 0.3) is 10.2 Å². The molecule has 0 aliphatic rings. The molecule has 5 nitrogen and oxygen atoms in total. The summed E-state index contributed by atoms with van der Waals surface area (Å²) in [4.78, 5) is 16.0. The van der Waals surface area contributed by atoms with Gasteiger partial charge in [0.15, 0.2) is 5.01 Å². The number of nitrogens with zero attached hydrogens (tertiary/aromatic N) is 1. The Hall–Kier alpha value is -1.66. The van der Waals surface area contributed by atoms with Crippen molar-refractivity contribution in [3.05, 3.63) is 23.2 Å². The van der Waals surface area contributed by atoms with E-state index in [0.717, 1.165) is 16.0 Å². The normalized spacial score (nSPS) is 10.6. The molecule has 18 heavy (non-hydrogen) atoms. The molecule has 0 aliphatic carbocycles. The molecular formula is C12H14N2O3S. The lowest BCUT2D eigenvalue weighted by Crippen LogP contribution is -2.24. The monoisotopic (exact) mass is 266 g/mol. The highest BCUT2D eigenvalue weighted by molar-refractivity contribution is 7.20. The van der Waals surface area contributed by atoms with Crippen LogP contribution in [0.5, 0.6) is 5.75 Å². The van der Waals surface area contributed by atoms with Gasteiger partial charge in [0.1, 0.15) is 5.75 Å². The Morgan fingerprint density at radius 3 is 3.11 bits per heavy atom. The van der Waals surface area contributed by atoms with Crippen molar-refractivity contribution in [1.82, 2.24) is 10.3 Å². The van der Waals surface area contributed by atoms with Gasteiger partial charge in [0.2, 0.25) is 0 Å². The quantitative estimate of drug-likeness (QED) is 0.803. The summed E-state index contributed by atoms with van der Waals surface area (Å²) in [5.41, 5.74) is 0.756. The minimum Gasteiger partial charge on any atom is -0.497 e. The highest BCUT2D eigenvalue weighted by Gasteiger charge is 2.11. The summed E-state index contributed by atoms with van der Waals surface area (Å²) in [5.74, 6) is 0.517. The molecule has 0 saturated heterocycles. The fourth-order valence-corrected chi connectivity index (χ4v) is 2.35. The van der Waals surface area contributed by atoms with Gasteiger partial charge in [-0.25, -0.2) is 4.98 Å². The lowest BCUT2D eigenvalue weighted by molar-refractivity contribution is 0.0951. The summed E-state index contributed by atoms with van der Waals surface area (Å²) in [5, 5.41) is 11.8. The molecule has 1 amide bonds. The van der Waals surface area contributed by atoms with Gasteiger partial charge in [0.25, 0.3) is 5.91 Å². The summed E-state index contributed by atoms with van der Waals surface area (Å²) in [7, 11) is 1.59. The average Bonchev–Trinajstić information content (AvgIpc) is 2.81. The molecule has 2 N–H and O–H groups in total. The number of hydrogen-bond donors (Lipinski definition) is 2. The second-order valence-corrected chi connectivity index (χ2v) is 4.72. The van der Waals surface area contributed by atoms with Crippen molar-refractivity contribution in [3.8, 4) is 5.75 Å². The molecule has 0 aliphatic heterocycles. The number of aliphatic hydroxyl groups excluding tert-OH is 1. The number of fused-ring (bicyclic) bond motifs is 1. The maximum absolute atomic E-state index is 11.8. The molecule has 2 aromatic rings. The van der Waals surface area contributed by atoms with E-state index in [0.29, 0.717) is 18.0 Å². The van der Waals surface area contributed by atoms with Gasteiger partial charge in [-0.05, 0) is 18.6 Å². The largest absolute Gasteiger partial charge is 0.497 e. The Kier molecular flexibility index (Phi) is 4.11. The molecule has 0 radical (unpaired) electrons. The number of thiazole rings is 1. The van der Waals surface area contributed by atoms with Crippen LogP contribution in [0.4, 0.5) is 0 Å². The Morgan fingerprint density at radius 1 is 1.56 bits per heavy atom. The first-order valence-electron chi connectivity index (χ1n) is 5.58. The van der Waals surface area contributed by atoms with Crippen LogP contribution < -0.4 is 10.1 Å². The molecule has 0 fully saturated rings. The Morgan fingerprint density at radius 2 is 2.39 bits per heavy atom. The average molecular weight is 266 g/mol. The smallest absolute Gasteiger partial charge is 0.280 e. The first-order chi connectivity index (χ1) is 8.74. The fourth-order valence-electron chi connectivity index (χ4n) is 1.49. The summed E-state index contributed by atoms with van der Waals surface area (Å²) >= 11 is 1.34. The van der Waals surface area contributed by atoms with Crippen LogP contribution >= 0.6 is 11.3 Å². The van der Waals surface area contributed by atoms with Crippen molar-refractivity contribution >= 4 is 27.5 Å². The second-order valence-electron chi connectivity index (χ2n) is 3.69. The SMILES string of the molecule is COc1ccc2sc(C(=O)NCCCO)nc2c1. The lowest BCUT2D eigenvalue weighted by atomic mass is 10.3. The number of carbonyl (C=O) groups is 1. The zero-order valence-electron chi connectivity index (χ0n) is 9.97. The van der Waals surface area contributed by atoms with Crippen LogP contribution in [0.1, 0.15) is 16.2 Å². The Bertz CT molecular complexity index is 553. The lowest BCUT2D eigenvalue weighted by Gasteiger charge is -1.99. The third-order valence-electron chi connectivity index (χ3n) is 2.41. The Balaban J connectivity index is 2.16. The second kappa shape index (κ2) is 5.79. The van der Waals surface area contributed by atoms with Crippen LogP contribution in [0.2, 0.25) is 0 Å². The van der Waals surface area contributed by atoms with Gasteiger partial charge < -0.3 is 15.2 Å². The van der Waals surface area contributed by atoms with E-state index in [1.807, 2.05) is 12.1 Å². The summed E-state index contributed by atoms with van der Waals surface area (Å²) in [6.07, 6.45) is 0.546. The number of rotatable bonds is 5. The number of methoxy groups -OCH3 is 1. The third kappa shape index (κ3) is 2.77. The number of nitrogens with one attached hydrogen (secondary N) is 1. The third-order valence-corrected chi connectivity index (χ3v) is 3.44. The molecule has 0 bridgehead atoms. The van der Waals surface area contributed by atoms with Crippen LogP contribution in [-0.2, 0) is 0 Å². The molecule has 0 saturated carbocycles. The molecular weight excluding hydrogens is 252 g/mol. The predicted molar refractivity (Wildman–Crippen MR) is 70.2 cm³/mol. The van der Waals surface area contributed by atoms with Gasteiger partial charge in [0, 0.05) is 19.2 Å². The van der Waals surface area contributed by atoms with Gasteiger partial charge >= 0.3 is 0 Å². The van der Waals surface area contributed by atoms with Crippen molar-refractivity contribution in [2.24, 2.45) is 0 Å². The standard InChI is InChI=1S/C12H14N2O3S/c1-17-8-3-4-10-9(7-8)14-12(18-10)11(16)13-5-2-6-15/h3-4,7,15H,2,5-6H2,1H3,(H,13,16). The highest BCUT2D eigenvalue weighted by atomic mass is 32.1. The van der Waals surface area contributed by atoms with E-state index in [-0.39, 0.29) is 12.5 Å². The van der Waals surface area contributed by atoms with Gasteiger partial charge in [-0.1, -0.05) is 0 Å². The molecule has 0 atom stereocenters. The number of aromatic nitrogens is 1. The van der Waals surface area contributed by atoms with Crippen molar-refractivity contribution in [1.29, 1.82) is 0 Å². The minimum atomic E-state index is -0.205. The van der Waals surface area contributed by atoms with Gasteiger partial charge in [-0.3, -0.25) is 4.79 Å². The van der Waals surface area contributed by atoms with Gasteiger partial charge in [0.05, 0.1) is 17.3 Å². The number of benzene rings is 1. The van der Waals surface area contributed by atoms with E-state index in [2.05, 4.69) is 10.3 Å². The van der Waals surface area contributed by atoms with Crippen molar-refractivity contribution in [2.75, 3.05) is 20.3 Å². The summed E-state index contributed by atoms with van der Waals surface area (Å²) in [6.45, 7) is 0.520. The molecule has 0 spiro atoms. The number of hydrogen-bond acceptors (Lipinski definition) is 5. The van der Waals surface area contributed by atoms with Crippen molar-refractivity contribution in [3.63, 3.8) is 0 Å². The highest BCUT2D eigenvalue weighted by Crippen LogP contribution is 2.25. The van der Waals surface area contributed by atoms with E-state index in [1.54, 1.807) is 13.2 Å². The van der Waals surface area contributed by atoms with E-state index in [9.17, 15) is 4.79 Å². The number of ether oxygens (including phenoxy) is 1. The van der Waals surface area contributed by atoms with Crippen molar-refractivity contribution in [2.45, 2.75) is 6.42 Å². The van der Waals surface area contributed by atoms with E-state index < -0.39 is 0 Å². The summed E-state index contributed by atoms with van der Waals surface area (Å²) < 4.78 is 6.06. The predicted octanol–water partition coefficient (Wildman–Crippen LogP) is 1.42. The molecule has 0 unspecified atom stereocenters. The molecule has 2 rings (SSSR count). The molecule has 1 heterocycles. The number of aliphatic hydroxyl groups is 1.